The number of rotatable bonds is 8. The number of hydrogen-bond acceptors (Lipinski definition) is 0. The van der Waals surface area contributed by atoms with Crippen LogP contribution < -0.4 is 0 Å². The monoisotopic (exact) mass is 420 g/mol. The Hall–Kier alpha value is -1.84. The predicted molar refractivity (Wildman–Crippen MR) is 114 cm³/mol. The Kier molecular flexibility index (Phi) is 7.96. The molecule has 1 aliphatic rings. The van der Waals surface area contributed by atoms with Gasteiger partial charge in [0.2, 0.25) is 0 Å². The standard InChI is InChI=1S/C26H32F4/c1-3-5-17(2)6-4-7-18-8-10-19(11-9-18)20-12-13-22(23(27)14-20)21-15-24(28)26(30)25(29)16-21/h12-19H,3-11H2,1-2H3. The van der Waals surface area contributed by atoms with Gasteiger partial charge in [-0.1, -0.05) is 58.1 Å². The van der Waals surface area contributed by atoms with Crippen LogP contribution in [0.15, 0.2) is 30.3 Å². The molecule has 0 N–H and O–H groups in total. The van der Waals surface area contributed by atoms with Gasteiger partial charge in [-0.05, 0) is 72.8 Å². The first-order valence-corrected chi connectivity index (χ1v) is 11.3. The molecule has 0 saturated heterocycles. The first kappa shape index (κ1) is 22.8. The van der Waals surface area contributed by atoms with Gasteiger partial charge in [0, 0.05) is 5.56 Å². The zero-order valence-corrected chi connectivity index (χ0v) is 18.0. The summed E-state index contributed by atoms with van der Waals surface area (Å²) in [6.07, 6.45) is 10.9. The lowest BCUT2D eigenvalue weighted by atomic mass is 9.76. The molecular weight excluding hydrogens is 388 g/mol. The summed E-state index contributed by atoms with van der Waals surface area (Å²) in [5.41, 5.74) is 1.04. The van der Waals surface area contributed by atoms with Gasteiger partial charge in [0.25, 0.3) is 0 Å². The summed E-state index contributed by atoms with van der Waals surface area (Å²) in [6, 6.07) is 6.55. The van der Waals surface area contributed by atoms with Gasteiger partial charge in [0.05, 0.1) is 0 Å². The van der Waals surface area contributed by atoms with Gasteiger partial charge in [-0.15, -0.1) is 0 Å². The Morgan fingerprint density at radius 2 is 1.53 bits per heavy atom. The van der Waals surface area contributed by atoms with Gasteiger partial charge >= 0.3 is 0 Å². The third-order valence-corrected chi connectivity index (χ3v) is 6.70. The minimum absolute atomic E-state index is 0.0106. The average Bonchev–Trinajstić information content (AvgIpc) is 2.72. The van der Waals surface area contributed by atoms with Crippen molar-refractivity contribution in [1.82, 2.24) is 0 Å². The topological polar surface area (TPSA) is 0 Å². The first-order valence-electron chi connectivity index (χ1n) is 11.3. The van der Waals surface area contributed by atoms with Crippen LogP contribution in [0.3, 0.4) is 0 Å². The molecule has 164 valence electrons. The van der Waals surface area contributed by atoms with E-state index in [9.17, 15) is 17.6 Å². The zero-order valence-electron chi connectivity index (χ0n) is 18.0. The minimum atomic E-state index is -1.53. The van der Waals surface area contributed by atoms with Crippen LogP contribution in [0.25, 0.3) is 11.1 Å². The van der Waals surface area contributed by atoms with E-state index in [4.69, 9.17) is 0 Å². The van der Waals surface area contributed by atoms with E-state index in [-0.39, 0.29) is 11.1 Å². The highest BCUT2D eigenvalue weighted by atomic mass is 19.2. The van der Waals surface area contributed by atoms with E-state index in [0.717, 1.165) is 42.4 Å². The largest absolute Gasteiger partial charge is 0.206 e. The number of halogens is 4. The molecule has 2 aromatic carbocycles. The third kappa shape index (κ3) is 5.65. The van der Waals surface area contributed by atoms with Crippen molar-refractivity contribution in [2.24, 2.45) is 11.8 Å². The van der Waals surface area contributed by atoms with E-state index in [1.807, 2.05) is 6.07 Å². The summed E-state index contributed by atoms with van der Waals surface area (Å²) < 4.78 is 54.9. The molecule has 0 radical (unpaired) electrons. The molecular formula is C26H32F4. The van der Waals surface area contributed by atoms with Crippen LogP contribution in [-0.4, -0.2) is 0 Å². The molecule has 0 aromatic heterocycles. The van der Waals surface area contributed by atoms with Crippen LogP contribution in [0, 0.1) is 35.1 Å². The van der Waals surface area contributed by atoms with Crippen molar-refractivity contribution in [3.8, 4) is 11.1 Å². The summed E-state index contributed by atoms with van der Waals surface area (Å²) >= 11 is 0. The van der Waals surface area contributed by atoms with E-state index in [1.165, 1.54) is 51.0 Å². The molecule has 1 aliphatic carbocycles. The van der Waals surface area contributed by atoms with Gasteiger partial charge in [-0.3, -0.25) is 0 Å². The quantitative estimate of drug-likeness (QED) is 0.296. The van der Waals surface area contributed by atoms with Crippen LogP contribution in [0.4, 0.5) is 17.6 Å². The van der Waals surface area contributed by atoms with Crippen molar-refractivity contribution in [2.75, 3.05) is 0 Å². The lowest BCUT2D eigenvalue weighted by molar-refractivity contribution is 0.295. The summed E-state index contributed by atoms with van der Waals surface area (Å²) in [7, 11) is 0. The lowest BCUT2D eigenvalue weighted by Crippen LogP contribution is -2.14. The fourth-order valence-electron chi connectivity index (χ4n) is 4.91. The molecule has 2 aromatic rings. The molecule has 0 nitrogen and oxygen atoms in total. The van der Waals surface area contributed by atoms with Crippen LogP contribution in [0.1, 0.15) is 83.1 Å². The summed E-state index contributed by atoms with van der Waals surface area (Å²) in [5.74, 6) is -2.77. The van der Waals surface area contributed by atoms with Crippen molar-refractivity contribution in [3.05, 3.63) is 59.2 Å². The van der Waals surface area contributed by atoms with E-state index in [1.54, 1.807) is 6.07 Å². The van der Waals surface area contributed by atoms with Crippen LogP contribution in [0.2, 0.25) is 0 Å². The van der Waals surface area contributed by atoms with Gasteiger partial charge in [0.15, 0.2) is 17.5 Å². The van der Waals surface area contributed by atoms with Crippen LogP contribution in [-0.2, 0) is 0 Å². The second kappa shape index (κ2) is 10.5. The maximum Gasteiger partial charge on any atom is 0.194 e. The Labute approximate surface area is 177 Å². The van der Waals surface area contributed by atoms with Crippen molar-refractivity contribution < 1.29 is 17.6 Å². The fraction of sp³-hybridized carbons (Fsp3) is 0.538. The molecule has 0 bridgehead atoms. The van der Waals surface area contributed by atoms with E-state index in [0.29, 0.717) is 5.92 Å². The van der Waals surface area contributed by atoms with Crippen molar-refractivity contribution in [1.29, 1.82) is 0 Å². The van der Waals surface area contributed by atoms with Gasteiger partial charge in [-0.2, -0.15) is 0 Å². The highest BCUT2D eigenvalue weighted by Crippen LogP contribution is 2.39. The Morgan fingerprint density at radius 1 is 0.867 bits per heavy atom. The Morgan fingerprint density at radius 3 is 2.13 bits per heavy atom. The maximum atomic E-state index is 14.7. The summed E-state index contributed by atoms with van der Waals surface area (Å²) in [4.78, 5) is 0. The molecule has 1 unspecified atom stereocenters. The molecule has 30 heavy (non-hydrogen) atoms. The number of hydrogen-bond donors (Lipinski definition) is 0. The molecule has 0 spiro atoms. The zero-order chi connectivity index (χ0) is 21.7. The lowest BCUT2D eigenvalue weighted by Gasteiger charge is -2.29. The van der Waals surface area contributed by atoms with Crippen LogP contribution in [0.5, 0.6) is 0 Å². The van der Waals surface area contributed by atoms with Crippen LogP contribution >= 0.6 is 0 Å². The molecule has 1 atom stereocenters. The van der Waals surface area contributed by atoms with E-state index in [2.05, 4.69) is 13.8 Å². The molecule has 4 heteroatoms. The Balaban J connectivity index is 1.58. The molecule has 1 fully saturated rings. The minimum Gasteiger partial charge on any atom is -0.206 e. The highest BCUT2D eigenvalue weighted by Gasteiger charge is 2.23. The average molecular weight is 421 g/mol. The smallest absolute Gasteiger partial charge is 0.194 e. The van der Waals surface area contributed by atoms with Crippen molar-refractivity contribution in [3.63, 3.8) is 0 Å². The maximum absolute atomic E-state index is 14.7. The second-order valence-electron chi connectivity index (χ2n) is 9.04. The van der Waals surface area contributed by atoms with E-state index >= 15 is 0 Å². The normalized spacial score (nSPS) is 20.3. The molecule has 1 saturated carbocycles. The highest BCUT2D eigenvalue weighted by molar-refractivity contribution is 5.65. The predicted octanol–water partition coefficient (Wildman–Crippen LogP) is 8.79. The van der Waals surface area contributed by atoms with Crippen molar-refractivity contribution >= 4 is 0 Å². The van der Waals surface area contributed by atoms with Gasteiger partial charge < -0.3 is 0 Å². The fourth-order valence-corrected chi connectivity index (χ4v) is 4.91. The first-order chi connectivity index (χ1) is 14.4. The molecule has 0 heterocycles. The second-order valence-corrected chi connectivity index (χ2v) is 9.04. The Bertz CT molecular complexity index is 814. The van der Waals surface area contributed by atoms with E-state index < -0.39 is 23.3 Å². The van der Waals surface area contributed by atoms with Crippen molar-refractivity contribution in [2.45, 2.75) is 77.6 Å². The molecule has 0 amide bonds. The van der Waals surface area contributed by atoms with Gasteiger partial charge in [0.1, 0.15) is 5.82 Å². The number of benzene rings is 2. The van der Waals surface area contributed by atoms with Gasteiger partial charge in [-0.25, -0.2) is 17.6 Å². The molecule has 3 rings (SSSR count). The SMILES string of the molecule is CCCC(C)CCCC1CCC(c2ccc(-c3cc(F)c(F)c(F)c3)c(F)c2)CC1. The summed E-state index contributed by atoms with van der Waals surface area (Å²) in [6.45, 7) is 4.58. The third-order valence-electron chi connectivity index (χ3n) is 6.70. The molecule has 0 aliphatic heterocycles. The summed E-state index contributed by atoms with van der Waals surface area (Å²) in [5, 5.41) is 0.